The number of carboxylic acid groups (broad SMARTS) is 1. The number of rotatable bonds is 7. The minimum absolute atomic E-state index is 0.122. The van der Waals surface area contributed by atoms with Crippen LogP contribution in [0.4, 0.5) is 9.93 Å². The Morgan fingerprint density at radius 3 is 2.70 bits per heavy atom. The lowest BCUT2D eigenvalue weighted by molar-refractivity contribution is -0.161. The van der Waals surface area contributed by atoms with E-state index < -0.39 is 52.1 Å². The highest BCUT2D eigenvalue weighted by molar-refractivity contribution is 8.01. The van der Waals surface area contributed by atoms with Gasteiger partial charge in [0, 0.05) is 10.1 Å². The number of thiazole rings is 1. The molecule has 0 radical (unpaired) electrons. The van der Waals surface area contributed by atoms with Crippen molar-refractivity contribution in [3.05, 3.63) is 11.1 Å². The van der Waals surface area contributed by atoms with Crippen LogP contribution in [0.2, 0.25) is 0 Å². The van der Waals surface area contributed by atoms with Crippen molar-refractivity contribution in [3.63, 3.8) is 0 Å². The summed E-state index contributed by atoms with van der Waals surface area (Å²) in [6.07, 6.45) is 0.414. The molecule has 2 fully saturated rings. The van der Waals surface area contributed by atoms with Gasteiger partial charge in [-0.15, -0.1) is 23.1 Å². The second-order valence-corrected chi connectivity index (χ2v) is 9.60. The molecular formula is C15H19N7O6S2. The van der Waals surface area contributed by atoms with Crippen molar-refractivity contribution in [2.75, 3.05) is 5.32 Å². The first-order valence-electron chi connectivity index (χ1n) is 8.56. The zero-order chi connectivity index (χ0) is 22.2. The van der Waals surface area contributed by atoms with Crippen molar-refractivity contribution < 1.29 is 29.1 Å². The van der Waals surface area contributed by atoms with Crippen LogP contribution in [0.3, 0.4) is 0 Å². The van der Waals surface area contributed by atoms with Gasteiger partial charge in [-0.2, -0.15) is 0 Å². The molecule has 1 aromatic heterocycles. The van der Waals surface area contributed by atoms with Gasteiger partial charge in [0.05, 0.1) is 5.69 Å². The number of nitrogens with one attached hydrogen (secondary N) is 4. The average molecular weight is 457 g/mol. The maximum Gasteiger partial charge on any atom is 0.329 e. The van der Waals surface area contributed by atoms with Crippen molar-refractivity contribution in [1.29, 1.82) is 0 Å². The Balaban J connectivity index is 1.77. The van der Waals surface area contributed by atoms with E-state index in [1.807, 2.05) is 5.43 Å². The number of carbonyl (C=O) groups excluding carboxylic acids is 4. The van der Waals surface area contributed by atoms with Gasteiger partial charge in [-0.3, -0.25) is 19.8 Å². The van der Waals surface area contributed by atoms with Gasteiger partial charge >= 0.3 is 12.0 Å². The fourth-order valence-electron chi connectivity index (χ4n) is 3.36. The summed E-state index contributed by atoms with van der Waals surface area (Å²) in [6.45, 7) is 3.43. The molecule has 0 spiro atoms. The second kappa shape index (κ2) is 8.08. The monoisotopic (exact) mass is 457 g/mol. The topological polar surface area (TPSA) is 196 Å². The summed E-state index contributed by atoms with van der Waals surface area (Å²) in [5.74, 6) is 2.68. The predicted molar refractivity (Wildman–Crippen MR) is 106 cm³/mol. The predicted octanol–water partition coefficient (Wildman–Crippen LogP) is -1.44. The van der Waals surface area contributed by atoms with E-state index in [2.05, 4.69) is 20.9 Å². The number of hydrogen-bond donors (Lipinski definition) is 6. The molecular weight excluding hydrogens is 438 g/mol. The summed E-state index contributed by atoms with van der Waals surface area (Å²) < 4.78 is -0.743. The molecule has 2 aliphatic rings. The van der Waals surface area contributed by atoms with E-state index in [9.17, 15) is 29.1 Å². The van der Waals surface area contributed by atoms with E-state index in [4.69, 9.17) is 5.84 Å². The Kier molecular flexibility index (Phi) is 5.87. The second-order valence-electron chi connectivity index (χ2n) is 6.97. The van der Waals surface area contributed by atoms with Crippen LogP contribution >= 0.6 is 23.1 Å². The highest BCUT2D eigenvalue weighted by Crippen LogP contribution is 2.50. The van der Waals surface area contributed by atoms with Crippen LogP contribution in [-0.2, 0) is 19.2 Å². The molecule has 162 valence electrons. The largest absolute Gasteiger partial charge is 0.480 e. The molecule has 5 amide bonds. The third-order valence-electron chi connectivity index (χ3n) is 4.64. The molecule has 2 unspecified atom stereocenters. The standard InChI is InChI=1S/C15H19N7O6S2/c1-15(2)8(12(26)27)22-10(25)7(11(22)30-15)19-9(24)6(20-13(28)21-16)5-3-29-14(18-5)17-4-23/h3-4,6-8,11H,16H2,1-2H3,(H,19,24)(H,26,27)(H,17,18,23)(H2,20,21,28)/t6?,7?,8-,11+/m0/s1. The van der Waals surface area contributed by atoms with E-state index in [-0.39, 0.29) is 10.8 Å². The van der Waals surface area contributed by atoms with E-state index in [0.717, 1.165) is 11.3 Å². The number of nitrogens with zero attached hydrogens (tertiary/aromatic N) is 2. The molecule has 1 aromatic rings. The summed E-state index contributed by atoms with van der Waals surface area (Å²) >= 11 is 2.30. The lowest BCUT2D eigenvalue weighted by atomic mass is 9.96. The first-order chi connectivity index (χ1) is 14.1. The SMILES string of the molecule is CC1(C)S[C@@H]2C(NC(=O)C(NC(=O)NN)c3csc(NC=O)n3)C(=O)N2[C@H]1C(=O)O. The number of fused-ring (bicyclic) bond motifs is 1. The summed E-state index contributed by atoms with van der Waals surface area (Å²) in [6, 6.07) is -4.14. The number of hydrogen-bond acceptors (Lipinski definition) is 9. The number of nitrogens with two attached hydrogens (primary N) is 1. The third kappa shape index (κ3) is 3.78. The number of thioether (sulfide) groups is 1. The molecule has 0 saturated carbocycles. The van der Waals surface area contributed by atoms with Crippen molar-refractivity contribution in [2.24, 2.45) is 5.84 Å². The molecule has 30 heavy (non-hydrogen) atoms. The van der Waals surface area contributed by atoms with Crippen LogP contribution in [0.1, 0.15) is 25.6 Å². The van der Waals surface area contributed by atoms with Crippen molar-refractivity contribution >= 4 is 58.5 Å². The van der Waals surface area contributed by atoms with Gasteiger partial charge in [0.2, 0.25) is 18.2 Å². The van der Waals surface area contributed by atoms with Crippen molar-refractivity contribution in [3.8, 4) is 0 Å². The first kappa shape index (κ1) is 21.8. The van der Waals surface area contributed by atoms with Crippen molar-refractivity contribution in [2.45, 2.75) is 42.1 Å². The summed E-state index contributed by atoms with van der Waals surface area (Å²) in [5, 5.41) is 17.8. The fourth-order valence-corrected chi connectivity index (χ4v) is 5.68. The van der Waals surface area contributed by atoms with E-state index in [0.29, 0.717) is 6.41 Å². The number of hydrazine groups is 1. The van der Waals surface area contributed by atoms with Gasteiger partial charge in [0.15, 0.2) is 11.2 Å². The lowest BCUT2D eigenvalue weighted by Crippen LogP contribution is -2.71. The smallest absolute Gasteiger partial charge is 0.329 e. The summed E-state index contributed by atoms with van der Waals surface area (Å²) in [4.78, 5) is 64.6. The Morgan fingerprint density at radius 1 is 1.40 bits per heavy atom. The Morgan fingerprint density at radius 2 is 2.10 bits per heavy atom. The molecule has 4 atom stereocenters. The van der Waals surface area contributed by atoms with Gasteiger partial charge in [-0.1, -0.05) is 0 Å². The molecule has 3 heterocycles. The molecule has 2 saturated heterocycles. The van der Waals surface area contributed by atoms with Crippen LogP contribution in [0.25, 0.3) is 0 Å². The minimum atomic E-state index is -1.30. The van der Waals surface area contributed by atoms with E-state index >= 15 is 0 Å². The molecule has 3 rings (SSSR count). The Labute approximate surface area is 178 Å². The van der Waals surface area contributed by atoms with Gasteiger partial charge in [0.1, 0.15) is 17.5 Å². The normalized spacial score (nSPS) is 24.8. The number of aromatic nitrogens is 1. The number of amides is 5. The van der Waals surface area contributed by atoms with Crippen LogP contribution in [0.5, 0.6) is 0 Å². The molecule has 7 N–H and O–H groups in total. The third-order valence-corrected chi connectivity index (χ3v) is 7.00. The summed E-state index contributed by atoms with van der Waals surface area (Å²) in [7, 11) is 0. The number of carbonyl (C=O) groups is 5. The Hall–Kier alpha value is -2.91. The maximum absolute atomic E-state index is 12.9. The van der Waals surface area contributed by atoms with Gasteiger partial charge in [-0.25, -0.2) is 20.4 Å². The Bertz CT molecular complexity index is 906. The quantitative estimate of drug-likeness (QED) is 0.0933. The number of anilines is 1. The molecule has 0 aliphatic carbocycles. The average Bonchev–Trinajstić information content (AvgIpc) is 3.24. The number of β-lactam (4-membered cyclic amide) rings is 1. The molecule has 2 aliphatic heterocycles. The summed E-state index contributed by atoms with van der Waals surface area (Å²) in [5.41, 5.74) is 1.96. The van der Waals surface area contributed by atoms with Crippen LogP contribution < -0.4 is 27.2 Å². The van der Waals surface area contributed by atoms with Crippen LogP contribution in [-0.4, -0.2) is 67.4 Å². The zero-order valence-corrected chi connectivity index (χ0v) is 17.4. The molecule has 0 aromatic carbocycles. The highest BCUT2D eigenvalue weighted by Gasteiger charge is 2.64. The first-order valence-corrected chi connectivity index (χ1v) is 10.3. The van der Waals surface area contributed by atoms with Crippen LogP contribution in [0, 0.1) is 0 Å². The molecule has 15 heteroatoms. The number of carboxylic acids is 1. The van der Waals surface area contributed by atoms with Crippen LogP contribution in [0.15, 0.2) is 5.38 Å². The minimum Gasteiger partial charge on any atom is -0.480 e. The molecule has 13 nitrogen and oxygen atoms in total. The zero-order valence-electron chi connectivity index (χ0n) is 15.7. The fraction of sp³-hybridized carbons (Fsp3) is 0.467. The van der Waals surface area contributed by atoms with Gasteiger partial charge in [-0.05, 0) is 13.8 Å². The van der Waals surface area contributed by atoms with E-state index in [1.54, 1.807) is 13.8 Å². The van der Waals surface area contributed by atoms with Crippen molar-refractivity contribution in [1.82, 2.24) is 25.9 Å². The number of aliphatic carboxylic acids is 1. The highest BCUT2D eigenvalue weighted by atomic mass is 32.2. The van der Waals surface area contributed by atoms with Gasteiger partial charge in [0.25, 0.3) is 0 Å². The number of urea groups is 1. The van der Waals surface area contributed by atoms with E-state index in [1.165, 1.54) is 22.0 Å². The lowest BCUT2D eigenvalue weighted by Gasteiger charge is -2.43. The maximum atomic E-state index is 12.9. The van der Waals surface area contributed by atoms with Gasteiger partial charge < -0.3 is 26.0 Å². The molecule has 0 bridgehead atoms.